The number of nitrogens with one attached hydrogen (secondary N) is 2. The molecule has 124 valence electrons. The molecular weight excluding hydrogens is 348 g/mol. The van der Waals surface area contributed by atoms with E-state index >= 15 is 0 Å². The van der Waals surface area contributed by atoms with Crippen LogP contribution in [0.5, 0.6) is 0 Å². The Morgan fingerprint density at radius 2 is 1.84 bits per heavy atom. The number of rotatable bonds is 2. The molecule has 4 nitrogen and oxygen atoms in total. The molecule has 2 N–H and O–H groups in total. The first-order valence-electron chi connectivity index (χ1n) is 7.36. The van der Waals surface area contributed by atoms with Gasteiger partial charge in [0.15, 0.2) is 5.43 Å². The lowest BCUT2D eigenvalue weighted by Crippen LogP contribution is -2.07. The number of benzene rings is 2. The number of aromatic amines is 2. The van der Waals surface area contributed by atoms with Gasteiger partial charge in [0.25, 0.3) is 0 Å². The van der Waals surface area contributed by atoms with Gasteiger partial charge < -0.3 is 4.98 Å². The van der Waals surface area contributed by atoms with E-state index in [1.807, 2.05) is 0 Å². The van der Waals surface area contributed by atoms with Gasteiger partial charge in [-0.25, -0.2) is 8.78 Å². The fraction of sp³-hybridized carbons (Fsp3) is 0. The van der Waals surface area contributed by atoms with E-state index < -0.39 is 17.1 Å². The average Bonchev–Trinajstić information content (AvgIpc) is 3.08. The van der Waals surface area contributed by atoms with E-state index in [2.05, 4.69) is 15.2 Å². The smallest absolute Gasteiger partial charge is 0.193 e. The molecule has 0 saturated heterocycles. The maximum absolute atomic E-state index is 14.8. The first-order valence-corrected chi connectivity index (χ1v) is 7.73. The van der Waals surface area contributed by atoms with E-state index in [1.54, 1.807) is 24.3 Å². The molecule has 2 heterocycles. The van der Waals surface area contributed by atoms with E-state index in [4.69, 9.17) is 11.6 Å². The van der Waals surface area contributed by atoms with Crippen LogP contribution in [0.15, 0.2) is 53.5 Å². The molecule has 0 saturated carbocycles. The summed E-state index contributed by atoms with van der Waals surface area (Å²) in [4.78, 5) is 15.4. The van der Waals surface area contributed by atoms with Crippen molar-refractivity contribution in [3.05, 3.63) is 75.5 Å². The lowest BCUT2D eigenvalue weighted by atomic mass is 10.0. The number of hydrogen-bond acceptors (Lipinski definition) is 2. The molecule has 0 fully saturated rings. The van der Waals surface area contributed by atoms with Crippen LogP contribution >= 0.6 is 11.6 Å². The Morgan fingerprint density at radius 1 is 1.04 bits per heavy atom. The Balaban J connectivity index is 2.02. The van der Waals surface area contributed by atoms with Crippen molar-refractivity contribution in [1.82, 2.24) is 15.2 Å². The third-order valence-electron chi connectivity index (χ3n) is 3.94. The molecule has 0 aliphatic carbocycles. The molecular formula is C18H10ClF2N3O. The third kappa shape index (κ3) is 2.51. The van der Waals surface area contributed by atoms with Crippen molar-refractivity contribution in [3.8, 4) is 22.5 Å². The highest BCUT2D eigenvalue weighted by molar-refractivity contribution is 6.33. The summed E-state index contributed by atoms with van der Waals surface area (Å²) < 4.78 is 29.3. The molecule has 0 amide bonds. The second kappa shape index (κ2) is 5.82. The Kier molecular flexibility index (Phi) is 3.62. The van der Waals surface area contributed by atoms with Crippen molar-refractivity contribution in [1.29, 1.82) is 0 Å². The Morgan fingerprint density at radius 3 is 2.56 bits per heavy atom. The second-order valence-electron chi connectivity index (χ2n) is 5.47. The van der Waals surface area contributed by atoms with Gasteiger partial charge >= 0.3 is 0 Å². The number of H-pyrrole nitrogens is 2. The van der Waals surface area contributed by atoms with Crippen LogP contribution < -0.4 is 5.43 Å². The highest BCUT2D eigenvalue weighted by Gasteiger charge is 2.19. The van der Waals surface area contributed by atoms with Crippen molar-refractivity contribution >= 4 is 22.5 Å². The zero-order valence-corrected chi connectivity index (χ0v) is 13.4. The molecule has 0 aliphatic rings. The normalized spacial score (nSPS) is 11.2. The largest absolute Gasteiger partial charge is 0.354 e. The fourth-order valence-electron chi connectivity index (χ4n) is 2.81. The van der Waals surface area contributed by atoms with Crippen molar-refractivity contribution in [3.63, 3.8) is 0 Å². The number of halogens is 3. The van der Waals surface area contributed by atoms with Crippen molar-refractivity contribution in [2.75, 3.05) is 0 Å². The number of pyridine rings is 1. The molecule has 25 heavy (non-hydrogen) atoms. The highest BCUT2D eigenvalue weighted by Crippen LogP contribution is 2.31. The standard InChI is InChI=1S/C18H10ClF2N3O/c19-10-4-2-1-3-9(10)13-8-15(25)17-14(23-13)7-11(20)16(18(17)21)12-5-6-22-24-12/h1-8H,(H,22,24)(H,23,25). The molecule has 4 rings (SSSR count). The Hall–Kier alpha value is -2.99. The predicted molar refractivity (Wildman–Crippen MR) is 92.5 cm³/mol. The van der Waals surface area contributed by atoms with Crippen LogP contribution in [0.3, 0.4) is 0 Å². The number of aromatic nitrogens is 3. The SMILES string of the molecule is O=c1cc(-c2ccccc2Cl)[nH]c2cc(F)c(-c3ccn[nH]3)c(F)c12. The van der Waals surface area contributed by atoms with Gasteiger partial charge in [-0.1, -0.05) is 29.8 Å². The summed E-state index contributed by atoms with van der Waals surface area (Å²) in [5, 5.41) is 6.40. The van der Waals surface area contributed by atoms with Gasteiger partial charge in [-0.2, -0.15) is 5.10 Å². The minimum Gasteiger partial charge on any atom is -0.354 e. The summed E-state index contributed by atoms with van der Waals surface area (Å²) in [7, 11) is 0. The molecule has 4 aromatic rings. The Labute approximate surface area is 145 Å². The minimum atomic E-state index is -0.939. The van der Waals surface area contributed by atoms with Crippen LogP contribution in [0.25, 0.3) is 33.4 Å². The molecule has 0 bridgehead atoms. The van der Waals surface area contributed by atoms with E-state index in [-0.39, 0.29) is 22.2 Å². The van der Waals surface area contributed by atoms with Gasteiger partial charge in [0, 0.05) is 22.8 Å². The summed E-state index contributed by atoms with van der Waals surface area (Å²) in [6.45, 7) is 0. The fourth-order valence-corrected chi connectivity index (χ4v) is 3.05. The van der Waals surface area contributed by atoms with E-state index in [9.17, 15) is 13.6 Å². The van der Waals surface area contributed by atoms with Crippen LogP contribution in [0, 0.1) is 11.6 Å². The highest BCUT2D eigenvalue weighted by atomic mass is 35.5. The molecule has 2 aromatic heterocycles. The third-order valence-corrected chi connectivity index (χ3v) is 4.27. The van der Waals surface area contributed by atoms with Crippen LogP contribution in [0.4, 0.5) is 8.78 Å². The second-order valence-corrected chi connectivity index (χ2v) is 5.87. The van der Waals surface area contributed by atoms with Gasteiger partial charge in [-0.05, 0) is 18.2 Å². The average molecular weight is 358 g/mol. The van der Waals surface area contributed by atoms with Crippen molar-refractivity contribution in [2.45, 2.75) is 0 Å². The number of hydrogen-bond donors (Lipinski definition) is 2. The maximum Gasteiger partial charge on any atom is 0.193 e. The zero-order valence-electron chi connectivity index (χ0n) is 12.6. The van der Waals surface area contributed by atoms with Crippen molar-refractivity contribution in [2.24, 2.45) is 0 Å². The zero-order chi connectivity index (χ0) is 17.6. The monoisotopic (exact) mass is 357 g/mol. The summed E-state index contributed by atoms with van der Waals surface area (Å²) in [5.41, 5.74) is 0.285. The summed E-state index contributed by atoms with van der Waals surface area (Å²) in [5.74, 6) is -1.74. The van der Waals surface area contributed by atoms with E-state index in [1.165, 1.54) is 18.3 Å². The van der Waals surface area contributed by atoms with E-state index in [0.29, 0.717) is 16.3 Å². The van der Waals surface area contributed by atoms with Crippen LogP contribution in [-0.4, -0.2) is 15.2 Å². The van der Waals surface area contributed by atoms with Crippen molar-refractivity contribution < 1.29 is 8.78 Å². The summed E-state index contributed by atoms with van der Waals surface area (Å²) in [6.07, 6.45) is 1.38. The lowest BCUT2D eigenvalue weighted by Gasteiger charge is -2.10. The molecule has 0 spiro atoms. The number of fused-ring (bicyclic) bond motifs is 1. The predicted octanol–water partition coefficient (Wildman–Crippen LogP) is 4.52. The molecule has 2 aromatic carbocycles. The molecule has 0 unspecified atom stereocenters. The lowest BCUT2D eigenvalue weighted by molar-refractivity contribution is 0.596. The molecule has 0 aliphatic heterocycles. The summed E-state index contributed by atoms with van der Waals surface area (Å²) in [6, 6.07) is 10.7. The topological polar surface area (TPSA) is 61.5 Å². The maximum atomic E-state index is 14.8. The first kappa shape index (κ1) is 15.5. The summed E-state index contributed by atoms with van der Waals surface area (Å²) >= 11 is 6.14. The Bertz CT molecular complexity index is 1150. The molecule has 7 heteroatoms. The van der Waals surface area contributed by atoms with Gasteiger partial charge in [-0.3, -0.25) is 9.89 Å². The molecule has 0 atom stereocenters. The number of nitrogens with zero attached hydrogens (tertiary/aromatic N) is 1. The van der Waals surface area contributed by atoms with Crippen LogP contribution in [0.1, 0.15) is 0 Å². The first-order chi connectivity index (χ1) is 12.1. The minimum absolute atomic E-state index is 0.0562. The molecule has 0 radical (unpaired) electrons. The van der Waals surface area contributed by atoms with Gasteiger partial charge in [0.1, 0.15) is 11.6 Å². The van der Waals surface area contributed by atoms with Gasteiger partial charge in [0.05, 0.1) is 27.9 Å². The van der Waals surface area contributed by atoms with Gasteiger partial charge in [0.2, 0.25) is 0 Å². The van der Waals surface area contributed by atoms with E-state index in [0.717, 1.165) is 6.07 Å². The van der Waals surface area contributed by atoms with Crippen LogP contribution in [-0.2, 0) is 0 Å². The quantitative estimate of drug-likeness (QED) is 0.554. The van der Waals surface area contributed by atoms with Crippen LogP contribution in [0.2, 0.25) is 5.02 Å². The van der Waals surface area contributed by atoms with Gasteiger partial charge in [-0.15, -0.1) is 0 Å².